The monoisotopic (exact) mass is 373 g/mol. The number of aryl methyl sites for hydroxylation is 2. The Morgan fingerprint density at radius 3 is 2.59 bits per heavy atom. The number of alkyl halides is 2. The third kappa shape index (κ3) is 3.80. The maximum Gasteiger partial charge on any atom is 0.387 e. The van der Waals surface area contributed by atoms with Crippen LogP contribution in [0, 0.1) is 6.92 Å². The van der Waals surface area contributed by atoms with Gasteiger partial charge in [-0.15, -0.1) is 0 Å². The molecule has 3 aromatic rings. The highest BCUT2D eigenvalue weighted by molar-refractivity contribution is 5.91. The van der Waals surface area contributed by atoms with Crippen molar-refractivity contribution in [1.82, 2.24) is 14.5 Å². The van der Waals surface area contributed by atoms with Crippen LogP contribution in [0.15, 0.2) is 30.5 Å². The van der Waals surface area contributed by atoms with E-state index in [-0.39, 0.29) is 5.75 Å². The third-order valence-corrected chi connectivity index (χ3v) is 4.82. The minimum atomic E-state index is -2.83. The van der Waals surface area contributed by atoms with Gasteiger partial charge in [0.2, 0.25) is 0 Å². The zero-order valence-electron chi connectivity index (χ0n) is 16.2. The van der Waals surface area contributed by atoms with Gasteiger partial charge in [0.15, 0.2) is 0 Å². The van der Waals surface area contributed by atoms with E-state index in [9.17, 15) is 8.78 Å². The summed E-state index contributed by atoms with van der Waals surface area (Å²) in [6.45, 7) is 5.53. The number of imidazole rings is 1. The van der Waals surface area contributed by atoms with Gasteiger partial charge in [-0.1, -0.05) is 20.3 Å². The molecule has 0 saturated carbocycles. The molecule has 6 heteroatoms. The Kier molecular flexibility index (Phi) is 5.73. The van der Waals surface area contributed by atoms with Crippen LogP contribution in [0.25, 0.3) is 22.3 Å². The Bertz CT molecular complexity index is 937. The highest BCUT2D eigenvalue weighted by Gasteiger charge is 2.19. The largest absolute Gasteiger partial charge is 0.435 e. The second kappa shape index (κ2) is 8.03. The van der Waals surface area contributed by atoms with Gasteiger partial charge in [-0.05, 0) is 50.1 Å². The van der Waals surface area contributed by atoms with E-state index in [4.69, 9.17) is 4.98 Å². The lowest BCUT2D eigenvalue weighted by Gasteiger charge is -2.16. The summed E-state index contributed by atoms with van der Waals surface area (Å²) in [6.07, 6.45) is 4.81. The number of halogens is 2. The Morgan fingerprint density at radius 2 is 1.96 bits per heavy atom. The van der Waals surface area contributed by atoms with E-state index in [1.165, 1.54) is 0 Å². The summed E-state index contributed by atoms with van der Waals surface area (Å²) in [4.78, 5) is 9.43. The molecule has 1 atom stereocenters. The van der Waals surface area contributed by atoms with E-state index in [0.717, 1.165) is 52.9 Å². The molecule has 2 heterocycles. The topological polar surface area (TPSA) is 39.9 Å². The summed E-state index contributed by atoms with van der Waals surface area (Å²) in [5.41, 5.74) is 4.37. The lowest BCUT2D eigenvalue weighted by molar-refractivity contribution is -0.0498. The first-order chi connectivity index (χ1) is 13.0. The van der Waals surface area contributed by atoms with E-state index < -0.39 is 6.61 Å². The third-order valence-electron chi connectivity index (χ3n) is 4.82. The summed E-state index contributed by atoms with van der Waals surface area (Å²) in [5.74, 6) is 1.19. The Labute approximate surface area is 158 Å². The fourth-order valence-corrected chi connectivity index (χ4v) is 3.63. The molecular weight excluding hydrogens is 348 g/mol. The van der Waals surface area contributed by atoms with Crippen molar-refractivity contribution < 1.29 is 13.5 Å². The van der Waals surface area contributed by atoms with Crippen molar-refractivity contribution in [2.75, 3.05) is 0 Å². The van der Waals surface area contributed by atoms with Crippen LogP contribution < -0.4 is 4.74 Å². The van der Waals surface area contributed by atoms with Crippen molar-refractivity contribution in [2.45, 2.75) is 59.6 Å². The van der Waals surface area contributed by atoms with E-state index in [1.54, 1.807) is 24.4 Å². The van der Waals surface area contributed by atoms with Crippen molar-refractivity contribution in [1.29, 1.82) is 0 Å². The van der Waals surface area contributed by atoms with Crippen molar-refractivity contribution in [2.24, 2.45) is 0 Å². The maximum atomic E-state index is 12.5. The number of benzene rings is 1. The number of hydrogen-bond acceptors (Lipinski definition) is 3. The quantitative estimate of drug-likeness (QED) is 0.515. The molecule has 0 amide bonds. The number of pyridine rings is 1. The number of ether oxygens (including phenoxy) is 1. The van der Waals surface area contributed by atoms with Crippen molar-refractivity contribution in [3.05, 3.63) is 41.9 Å². The molecule has 3 rings (SSSR count). The van der Waals surface area contributed by atoms with Gasteiger partial charge in [-0.2, -0.15) is 8.78 Å². The van der Waals surface area contributed by atoms with Crippen LogP contribution in [-0.4, -0.2) is 21.1 Å². The smallest absolute Gasteiger partial charge is 0.387 e. The molecule has 1 unspecified atom stereocenters. The second-order valence-corrected chi connectivity index (χ2v) is 6.77. The summed E-state index contributed by atoms with van der Waals surface area (Å²) in [5, 5.41) is 0. The van der Waals surface area contributed by atoms with Crippen LogP contribution in [-0.2, 0) is 6.42 Å². The van der Waals surface area contributed by atoms with Crippen LogP contribution in [0.3, 0.4) is 0 Å². The molecule has 0 radical (unpaired) electrons. The molecule has 27 heavy (non-hydrogen) atoms. The van der Waals surface area contributed by atoms with Gasteiger partial charge in [0, 0.05) is 24.2 Å². The number of aromatic nitrogens is 3. The van der Waals surface area contributed by atoms with Gasteiger partial charge >= 0.3 is 6.61 Å². The molecule has 0 bridgehead atoms. The highest BCUT2D eigenvalue weighted by Crippen LogP contribution is 2.33. The number of fused-ring (bicyclic) bond motifs is 1. The zero-order valence-corrected chi connectivity index (χ0v) is 16.2. The number of hydrogen-bond donors (Lipinski definition) is 0. The van der Waals surface area contributed by atoms with Crippen molar-refractivity contribution in [3.8, 4) is 17.0 Å². The molecule has 0 saturated heterocycles. The Morgan fingerprint density at radius 1 is 1.19 bits per heavy atom. The SMILES string of the molecule is CCCC(C)n1c(CC)nc2c(-c3ccc(OC(F)F)cc3C)nccc21. The van der Waals surface area contributed by atoms with Crippen molar-refractivity contribution in [3.63, 3.8) is 0 Å². The van der Waals surface area contributed by atoms with Gasteiger partial charge in [0.1, 0.15) is 17.1 Å². The molecule has 0 N–H and O–H groups in total. The first-order valence-electron chi connectivity index (χ1n) is 9.37. The summed E-state index contributed by atoms with van der Waals surface area (Å²) >= 11 is 0. The molecule has 4 nitrogen and oxygen atoms in total. The maximum absolute atomic E-state index is 12.5. The minimum Gasteiger partial charge on any atom is -0.435 e. The second-order valence-electron chi connectivity index (χ2n) is 6.77. The number of rotatable bonds is 7. The average molecular weight is 373 g/mol. The fourth-order valence-electron chi connectivity index (χ4n) is 3.63. The van der Waals surface area contributed by atoms with Crippen LogP contribution in [0.4, 0.5) is 8.78 Å². The lowest BCUT2D eigenvalue weighted by Crippen LogP contribution is -2.08. The standard InChI is InChI=1S/C21H25F2N3O/c1-5-7-14(4)26-17-10-11-24-19(20(17)25-18(26)6-2)16-9-8-15(12-13(16)3)27-21(22)23/h8-12,14,21H,5-7H2,1-4H3. The van der Waals surface area contributed by atoms with Gasteiger partial charge in [0.05, 0.1) is 11.2 Å². The predicted molar refractivity (Wildman–Crippen MR) is 103 cm³/mol. The van der Waals surface area contributed by atoms with Crippen molar-refractivity contribution >= 4 is 11.0 Å². The molecule has 0 spiro atoms. The minimum absolute atomic E-state index is 0.148. The van der Waals surface area contributed by atoms with Gasteiger partial charge in [-0.3, -0.25) is 4.98 Å². The molecule has 144 valence electrons. The van der Waals surface area contributed by atoms with Crippen LogP contribution in [0.2, 0.25) is 0 Å². The summed E-state index contributed by atoms with van der Waals surface area (Å²) in [6, 6.07) is 7.29. The summed E-state index contributed by atoms with van der Waals surface area (Å²) < 4.78 is 31.7. The zero-order chi connectivity index (χ0) is 19.6. The number of nitrogens with zero attached hydrogens (tertiary/aromatic N) is 3. The first-order valence-corrected chi connectivity index (χ1v) is 9.37. The normalized spacial score (nSPS) is 12.7. The van der Waals surface area contributed by atoms with E-state index >= 15 is 0 Å². The molecule has 1 aromatic carbocycles. The summed E-state index contributed by atoms with van der Waals surface area (Å²) in [7, 11) is 0. The molecule has 0 aliphatic heterocycles. The van der Waals surface area contributed by atoms with Crippen LogP contribution in [0.5, 0.6) is 5.75 Å². The highest BCUT2D eigenvalue weighted by atomic mass is 19.3. The Balaban J connectivity index is 2.13. The predicted octanol–water partition coefficient (Wildman–Crippen LogP) is 5.93. The first kappa shape index (κ1) is 19.3. The van der Waals surface area contributed by atoms with Crippen LogP contribution in [0.1, 0.15) is 51.0 Å². The lowest BCUT2D eigenvalue weighted by atomic mass is 10.0. The fraction of sp³-hybridized carbons (Fsp3) is 0.429. The van der Waals surface area contributed by atoms with E-state index in [1.807, 2.05) is 13.0 Å². The molecule has 0 aliphatic rings. The van der Waals surface area contributed by atoms with Gasteiger partial charge in [0.25, 0.3) is 0 Å². The van der Waals surface area contributed by atoms with E-state index in [0.29, 0.717) is 6.04 Å². The van der Waals surface area contributed by atoms with Crippen LogP contribution >= 0.6 is 0 Å². The Hall–Kier alpha value is -2.50. The van der Waals surface area contributed by atoms with E-state index in [2.05, 4.69) is 35.1 Å². The molecule has 2 aromatic heterocycles. The van der Waals surface area contributed by atoms with Gasteiger partial charge < -0.3 is 9.30 Å². The van der Waals surface area contributed by atoms with Gasteiger partial charge in [-0.25, -0.2) is 4.98 Å². The molecular formula is C21H25F2N3O. The molecule has 0 aliphatic carbocycles. The average Bonchev–Trinajstić information content (AvgIpc) is 3.00. The molecule has 0 fully saturated rings.